The van der Waals surface area contributed by atoms with Crippen molar-refractivity contribution in [1.82, 2.24) is 4.90 Å². The molecule has 0 aliphatic carbocycles. The maximum Gasteiger partial charge on any atom is 0.0247 e. The van der Waals surface area contributed by atoms with E-state index in [1.54, 1.807) is 0 Å². The average Bonchev–Trinajstić information content (AvgIpc) is 2.15. The minimum absolute atomic E-state index is 0.486. The molecule has 1 unspecified atom stereocenters. The van der Waals surface area contributed by atoms with Crippen molar-refractivity contribution in [2.24, 2.45) is 0 Å². The standard InChI is InChI=1S/C12H17N/c1-11(13(2)3)9-10-12-7-5-4-6-8-12/h4-11H,1-3H3/b10-9+. The Balaban J connectivity index is 2.59. The highest BCUT2D eigenvalue weighted by Crippen LogP contribution is 2.03. The van der Waals surface area contributed by atoms with Gasteiger partial charge < -0.3 is 4.90 Å². The molecule has 0 aliphatic rings. The van der Waals surface area contributed by atoms with Crippen molar-refractivity contribution in [3.8, 4) is 0 Å². The van der Waals surface area contributed by atoms with Crippen molar-refractivity contribution in [3.05, 3.63) is 42.0 Å². The Bertz CT molecular complexity index is 262. The predicted octanol–water partition coefficient (Wildman–Crippen LogP) is 2.65. The number of hydrogen-bond acceptors (Lipinski definition) is 1. The van der Waals surface area contributed by atoms with Crippen LogP contribution in [0, 0.1) is 0 Å². The van der Waals surface area contributed by atoms with E-state index in [0.717, 1.165) is 0 Å². The Labute approximate surface area is 80.7 Å². The van der Waals surface area contributed by atoms with Gasteiger partial charge in [-0.15, -0.1) is 0 Å². The van der Waals surface area contributed by atoms with Gasteiger partial charge in [-0.2, -0.15) is 0 Å². The normalized spacial score (nSPS) is 13.8. The van der Waals surface area contributed by atoms with Gasteiger partial charge in [0.25, 0.3) is 0 Å². The summed E-state index contributed by atoms with van der Waals surface area (Å²) in [6, 6.07) is 10.9. The van der Waals surface area contributed by atoms with Gasteiger partial charge in [0, 0.05) is 6.04 Å². The molecule has 0 saturated carbocycles. The zero-order chi connectivity index (χ0) is 9.68. The van der Waals surface area contributed by atoms with E-state index in [1.165, 1.54) is 5.56 Å². The van der Waals surface area contributed by atoms with Crippen molar-refractivity contribution >= 4 is 6.08 Å². The molecule has 0 saturated heterocycles. The molecular formula is C12H17N. The van der Waals surface area contributed by atoms with Gasteiger partial charge in [0.2, 0.25) is 0 Å². The van der Waals surface area contributed by atoms with Crippen LogP contribution in [-0.2, 0) is 0 Å². The molecule has 0 bridgehead atoms. The van der Waals surface area contributed by atoms with Crippen LogP contribution in [-0.4, -0.2) is 25.0 Å². The van der Waals surface area contributed by atoms with E-state index in [9.17, 15) is 0 Å². The third kappa shape index (κ3) is 3.43. The molecule has 1 rings (SSSR count). The van der Waals surface area contributed by atoms with E-state index in [4.69, 9.17) is 0 Å². The fraction of sp³-hybridized carbons (Fsp3) is 0.333. The molecule has 0 heterocycles. The van der Waals surface area contributed by atoms with Gasteiger partial charge in [-0.3, -0.25) is 0 Å². The lowest BCUT2D eigenvalue weighted by molar-refractivity contribution is 0.365. The fourth-order valence-electron chi connectivity index (χ4n) is 0.987. The van der Waals surface area contributed by atoms with Gasteiger partial charge in [0.05, 0.1) is 0 Å². The Kier molecular flexibility index (Phi) is 3.71. The lowest BCUT2D eigenvalue weighted by Gasteiger charge is -2.14. The summed E-state index contributed by atoms with van der Waals surface area (Å²) in [6.45, 7) is 2.18. The minimum atomic E-state index is 0.486. The Morgan fingerprint density at radius 1 is 1.15 bits per heavy atom. The van der Waals surface area contributed by atoms with Gasteiger partial charge in [0.1, 0.15) is 0 Å². The quantitative estimate of drug-likeness (QED) is 0.682. The number of nitrogens with zero attached hydrogens (tertiary/aromatic N) is 1. The third-order valence-electron chi connectivity index (χ3n) is 2.18. The van der Waals surface area contributed by atoms with Gasteiger partial charge in [-0.25, -0.2) is 0 Å². The zero-order valence-corrected chi connectivity index (χ0v) is 8.57. The number of hydrogen-bond donors (Lipinski definition) is 0. The lowest BCUT2D eigenvalue weighted by Crippen LogP contribution is -2.21. The second-order valence-corrected chi connectivity index (χ2v) is 3.47. The summed E-state index contributed by atoms with van der Waals surface area (Å²) in [5.74, 6) is 0. The minimum Gasteiger partial charge on any atom is -0.303 e. The summed E-state index contributed by atoms with van der Waals surface area (Å²) >= 11 is 0. The Morgan fingerprint density at radius 3 is 2.31 bits per heavy atom. The third-order valence-corrected chi connectivity index (χ3v) is 2.18. The van der Waals surface area contributed by atoms with Crippen molar-refractivity contribution < 1.29 is 0 Å². The van der Waals surface area contributed by atoms with E-state index in [1.807, 2.05) is 6.07 Å². The van der Waals surface area contributed by atoms with Crippen molar-refractivity contribution in [3.63, 3.8) is 0 Å². The first kappa shape index (κ1) is 10.0. The second-order valence-electron chi connectivity index (χ2n) is 3.47. The zero-order valence-electron chi connectivity index (χ0n) is 8.57. The van der Waals surface area contributed by atoms with E-state index in [-0.39, 0.29) is 0 Å². The molecule has 13 heavy (non-hydrogen) atoms. The fourth-order valence-corrected chi connectivity index (χ4v) is 0.987. The smallest absolute Gasteiger partial charge is 0.0247 e. The number of rotatable bonds is 3. The van der Waals surface area contributed by atoms with Gasteiger partial charge >= 0.3 is 0 Å². The summed E-state index contributed by atoms with van der Waals surface area (Å²) in [7, 11) is 4.17. The molecule has 0 radical (unpaired) electrons. The van der Waals surface area contributed by atoms with Crippen molar-refractivity contribution in [1.29, 1.82) is 0 Å². The first-order chi connectivity index (χ1) is 6.20. The van der Waals surface area contributed by atoms with E-state index in [2.05, 4.69) is 62.3 Å². The summed E-state index contributed by atoms with van der Waals surface area (Å²) in [5, 5.41) is 0. The summed E-state index contributed by atoms with van der Waals surface area (Å²) in [5.41, 5.74) is 1.26. The summed E-state index contributed by atoms with van der Waals surface area (Å²) in [6.07, 6.45) is 4.36. The highest BCUT2D eigenvalue weighted by atomic mass is 15.1. The van der Waals surface area contributed by atoms with E-state index >= 15 is 0 Å². The van der Waals surface area contributed by atoms with Crippen LogP contribution in [0.1, 0.15) is 12.5 Å². The topological polar surface area (TPSA) is 3.24 Å². The van der Waals surface area contributed by atoms with Crippen LogP contribution in [0.25, 0.3) is 6.08 Å². The van der Waals surface area contributed by atoms with Crippen LogP contribution in [0.15, 0.2) is 36.4 Å². The molecule has 1 aromatic rings. The largest absolute Gasteiger partial charge is 0.303 e. The monoisotopic (exact) mass is 175 g/mol. The maximum atomic E-state index is 2.20. The van der Waals surface area contributed by atoms with Crippen LogP contribution in [0.4, 0.5) is 0 Å². The molecule has 1 aromatic carbocycles. The molecule has 0 amide bonds. The molecular weight excluding hydrogens is 158 g/mol. The summed E-state index contributed by atoms with van der Waals surface area (Å²) < 4.78 is 0. The van der Waals surface area contributed by atoms with Gasteiger partial charge in [0.15, 0.2) is 0 Å². The van der Waals surface area contributed by atoms with Crippen LogP contribution in [0.3, 0.4) is 0 Å². The molecule has 1 nitrogen and oxygen atoms in total. The number of likely N-dealkylation sites (N-methyl/N-ethyl adjacent to an activating group) is 1. The van der Waals surface area contributed by atoms with Gasteiger partial charge in [-0.05, 0) is 26.6 Å². The second kappa shape index (κ2) is 4.83. The highest BCUT2D eigenvalue weighted by Gasteiger charge is 1.96. The molecule has 0 fully saturated rings. The SMILES string of the molecule is CC(/C=C/c1ccccc1)N(C)C. The maximum absolute atomic E-state index is 2.20. The molecule has 70 valence electrons. The van der Waals surface area contributed by atoms with Crippen molar-refractivity contribution in [2.45, 2.75) is 13.0 Å². The van der Waals surface area contributed by atoms with Crippen LogP contribution < -0.4 is 0 Å². The Hall–Kier alpha value is -1.08. The molecule has 0 aromatic heterocycles. The molecule has 1 heteroatoms. The average molecular weight is 175 g/mol. The number of benzene rings is 1. The summed E-state index contributed by atoms with van der Waals surface area (Å²) in [4.78, 5) is 2.18. The van der Waals surface area contributed by atoms with Crippen LogP contribution in [0.5, 0.6) is 0 Å². The highest BCUT2D eigenvalue weighted by molar-refractivity contribution is 5.49. The first-order valence-corrected chi connectivity index (χ1v) is 4.60. The van der Waals surface area contributed by atoms with E-state index < -0.39 is 0 Å². The van der Waals surface area contributed by atoms with Crippen LogP contribution >= 0.6 is 0 Å². The lowest BCUT2D eigenvalue weighted by atomic mass is 10.2. The van der Waals surface area contributed by atoms with Crippen LogP contribution in [0.2, 0.25) is 0 Å². The molecule has 0 N–H and O–H groups in total. The molecule has 0 spiro atoms. The van der Waals surface area contributed by atoms with Crippen molar-refractivity contribution in [2.75, 3.05) is 14.1 Å². The molecule has 1 atom stereocenters. The Morgan fingerprint density at radius 2 is 1.77 bits per heavy atom. The van der Waals surface area contributed by atoms with E-state index in [0.29, 0.717) is 6.04 Å². The first-order valence-electron chi connectivity index (χ1n) is 4.60. The van der Waals surface area contributed by atoms with Gasteiger partial charge in [-0.1, -0.05) is 42.5 Å². The molecule has 0 aliphatic heterocycles. The predicted molar refractivity (Wildman–Crippen MR) is 58.6 cm³/mol.